The zero-order chi connectivity index (χ0) is 6.10. The summed E-state index contributed by atoms with van der Waals surface area (Å²) in [6, 6.07) is 0. The van der Waals surface area contributed by atoms with Gasteiger partial charge in [-0.15, -0.1) is 0 Å². The number of hydrazine groups is 3. The van der Waals surface area contributed by atoms with Gasteiger partial charge in [0, 0.05) is 6.20 Å². The van der Waals surface area contributed by atoms with Crippen LogP contribution in [0.4, 0.5) is 0 Å². The van der Waals surface area contributed by atoms with E-state index < -0.39 is 0 Å². The Kier molecular flexibility index (Phi) is 1.02. The third-order valence-corrected chi connectivity index (χ3v) is 1.36. The number of nitrogens with one attached hydrogen (secondary N) is 3. The Labute approximate surface area is 53.1 Å². The monoisotopic (exact) mass is 124 g/mol. The van der Waals surface area contributed by atoms with Gasteiger partial charge in [0.05, 0.1) is 0 Å². The molecule has 1 unspecified atom stereocenters. The van der Waals surface area contributed by atoms with Crippen molar-refractivity contribution < 1.29 is 0 Å². The van der Waals surface area contributed by atoms with Crippen molar-refractivity contribution in [2.75, 3.05) is 0 Å². The molecule has 2 rings (SSSR count). The molecule has 0 saturated carbocycles. The van der Waals surface area contributed by atoms with Gasteiger partial charge in [-0.3, -0.25) is 5.01 Å². The summed E-state index contributed by atoms with van der Waals surface area (Å²) in [4.78, 5) is 0. The fraction of sp³-hybridized carbons (Fsp3) is 0.200. The molecule has 0 amide bonds. The fourth-order valence-corrected chi connectivity index (χ4v) is 0.892. The highest BCUT2D eigenvalue weighted by Gasteiger charge is 2.17. The molecule has 0 radical (unpaired) electrons. The molecule has 1 atom stereocenters. The van der Waals surface area contributed by atoms with E-state index in [1.165, 1.54) is 0 Å². The summed E-state index contributed by atoms with van der Waals surface area (Å²) in [5, 5.41) is 1.93. The van der Waals surface area contributed by atoms with Crippen LogP contribution in [0.5, 0.6) is 0 Å². The summed E-state index contributed by atoms with van der Waals surface area (Å²) in [6.07, 6.45) is 8.24. The maximum absolute atomic E-state index is 2.99. The van der Waals surface area contributed by atoms with Gasteiger partial charge in [-0.25, -0.2) is 5.43 Å². The summed E-state index contributed by atoms with van der Waals surface area (Å²) in [7, 11) is 0. The van der Waals surface area contributed by atoms with Crippen LogP contribution in [-0.4, -0.2) is 11.2 Å². The fourth-order valence-electron chi connectivity index (χ4n) is 0.892. The number of fused-ring (bicyclic) bond motifs is 1. The van der Waals surface area contributed by atoms with Crippen molar-refractivity contribution in [3.8, 4) is 0 Å². The van der Waals surface area contributed by atoms with E-state index in [1.54, 1.807) is 0 Å². The van der Waals surface area contributed by atoms with Crippen molar-refractivity contribution >= 4 is 0 Å². The highest BCUT2D eigenvalue weighted by atomic mass is 15.9. The predicted octanol–water partition coefficient (Wildman–Crippen LogP) is -0.775. The molecule has 2 aliphatic heterocycles. The van der Waals surface area contributed by atoms with Gasteiger partial charge in [-0.05, 0) is 12.2 Å². The maximum Gasteiger partial charge on any atom is 0.128 e. The van der Waals surface area contributed by atoms with Crippen LogP contribution in [0.2, 0.25) is 0 Å². The van der Waals surface area contributed by atoms with Crippen molar-refractivity contribution in [1.82, 2.24) is 21.5 Å². The highest BCUT2D eigenvalue weighted by Crippen LogP contribution is 2.02. The van der Waals surface area contributed by atoms with Gasteiger partial charge in [0.2, 0.25) is 0 Å². The minimum Gasteiger partial charge on any atom is -0.279 e. The van der Waals surface area contributed by atoms with Crippen molar-refractivity contribution in [3.05, 3.63) is 24.4 Å². The molecule has 2 aliphatic rings. The highest BCUT2D eigenvalue weighted by molar-refractivity contribution is 5.12. The second-order valence-electron chi connectivity index (χ2n) is 1.96. The van der Waals surface area contributed by atoms with Crippen LogP contribution in [0.25, 0.3) is 0 Å². The third kappa shape index (κ3) is 0.730. The molecular weight excluding hydrogens is 116 g/mol. The zero-order valence-electron chi connectivity index (χ0n) is 4.83. The molecule has 0 aromatic heterocycles. The lowest BCUT2D eigenvalue weighted by atomic mass is 10.3. The average Bonchev–Trinajstić information content (AvgIpc) is 2.33. The van der Waals surface area contributed by atoms with E-state index in [-0.39, 0.29) is 6.17 Å². The first-order chi connectivity index (χ1) is 4.47. The number of hydrogen-bond acceptors (Lipinski definition) is 4. The molecule has 4 nitrogen and oxygen atoms in total. The van der Waals surface area contributed by atoms with E-state index in [0.29, 0.717) is 0 Å². The minimum atomic E-state index is 0.259. The topological polar surface area (TPSA) is 39.3 Å². The van der Waals surface area contributed by atoms with E-state index in [2.05, 4.69) is 16.5 Å². The number of hydrogen-bond donors (Lipinski definition) is 3. The van der Waals surface area contributed by atoms with Crippen molar-refractivity contribution in [2.45, 2.75) is 6.17 Å². The lowest BCUT2D eigenvalue weighted by Gasteiger charge is -2.18. The van der Waals surface area contributed by atoms with Crippen molar-refractivity contribution in [3.63, 3.8) is 0 Å². The average molecular weight is 124 g/mol. The van der Waals surface area contributed by atoms with Crippen LogP contribution in [0.1, 0.15) is 0 Å². The Morgan fingerprint density at radius 2 is 2.33 bits per heavy atom. The van der Waals surface area contributed by atoms with Crippen LogP contribution >= 0.6 is 0 Å². The van der Waals surface area contributed by atoms with E-state index >= 15 is 0 Å². The molecule has 2 heterocycles. The molecule has 9 heavy (non-hydrogen) atoms. The SMILES string of the molecule is C1=CC2NNNN2C=C1. The van der Waals surface area contributed by atoms with Gasteiger partial charge in [-0.2, -0.15) is 11.1 Å². The molecule has 1 fully saturated rings. The van der Waals surface area contributed by atoms with Crippen LogP contribution in [0.15, 0.2) is 24.4 Å². The first-order valence-corrected chi connectivity index (χ1v) is 2.86. The first kappa shape index (κ1) is 4.99. The van der Waals surface area contributed by atoms with E-state index in [4.69, 9.17) is 0 Å². The zero-order valence-corrected chi connectivity index (χ0v) is 4.83. The molecule has 0 aliphatic carbocycles. The third-order valence-electron chi connectivity index (χ3n) is 1.36. The lowest BCUT2D eigenvalue weighted by Crippen LogP contribution is -2.35. The smallest absolute Gasteiger partial charge is 0.128 e. The van der Waals surface area contributed by atoms with Gasteiger partial charge in [0.25, 0.3) is 0 Å². The lowest BCUT2D eigenvalue weighted by molar-refractivity contribution is 0.287. The molecule has 0 aromatic rings. The quantitative estimate of drug-likeness (QED) is 0.396. The Hall–Kier alpha value is -0.840. The molecule has 0 spiro atoms. The van der Waals surface area contributed by atoms with E-state index in [9.17, 15) is 0 Å². The molecule has 48 valence electrons. The summed E-state index contributed by atoms with van der Waals surface area (Å²) in [5.41, 5.74) is 8.67. The summed E-state index contributed by atoms with van der Waals surface area (Å²) >= 11 is 0. The number of allylic oxidation sites excluding steroid dienone is 2. The van der Waals surface area contributed by atoms with E-state index in [1.807, 2.05) is 29.4 Å². The number of nitrogens with zero attached hydrogens (tertiary/aromatic N) is 1. The maximum atomic E-state index is 2.99. The van der Waals surface area contributed by atoms with Crippen LogP contribution in [-0.2, 0) is 0 Å². The van der Waals surface area contributed by atoms with Gasteiger partial charge in [0.15, 0.2) is 0 Å². The molecule has 1 saturated heterocycles. The van der Waals surface area contributed by atoms with Gasteiger partial charge >= 0.3 is 0 Å². The first-order valence-electron chi connectivity index (χ1n) is 2.86. The van der Waals surface area contributed by atoms with Crippen LogP contribution in [0, 0.1) is 0 Å². The normalized spacial score (nSPS) is 31.1. The Bertz CT molecular complexity index is 144. The van der Waals surface area contributed by atoms with Crippen molar-refractivity contribution in [1.29, 1.82) is 0 Å². The van der Waals surface area contributed by atoms with Crippen molar-refractivity contribution in [2.24, 2.45) is 0 Å². The van der Waals surface area contributed by atoms with Gasteiger partial charge in [0.1, 0.15) is 6.17 Å². The number of rotatable bonds is 0. The summed E-state index contributed by atoms with van der Waals surface area (Å²) in [5.74, 6) is 0. The molecular formula is C5H8N4. The van der Waals surface area contributed by atoms with Gasteiger partial charge in [-0.1, -0.05) is 6.08 Å². The Morgan fingerprint density at radius 1 is 1.33 bits per heavy atom. The molecule has 0 aromatic carbocycles. The van der Waals surface area contributed by atoms with Gasteiger partial charge < -0.3 is 0 Å². The standard InChI is InChI=1S/C5H8N4/c1-2-4-9-5(3-1)6-7-8-9/h1-8H. The largest absolute Gasteiger partial charge is 0.279 e. The second-order valence-corrected chi connectivity index (χ2v) is 1.96. The molecule has 0 bridgehead atoms. The minimum absolute atomic E-state index is 0.259. The summed E-state index contributed by atoms with van der Waals surface area (Å²) in [6.45, 7) is 0. The van der Waals surface area contributed by atoms with Crippen LogP contribution in [0.3, 0.4) is 0 Å². The Morgan fingerprint density at radius 3 is 3.22 bits per heavy atom. The molecule has 4 heteroatoms. The second kappa shape index (κ2) is 1.84. The summed E-state index contributed by atoms with van der Waals surface area (Å²) < 4.78 is 0. The predicted molar refractivity (Wildman–Crippen MR) is 33.3 cm³/mol. The van der Waals surface area contributed by atoms with Crippen LogP contribution < -0.4 is 16.5 Å². The Balaban J connectivity index is 2.18. The molecule has 3 N–H and O–H groups in total. The van der Waals surface area contributed by atoms with E-state index in [0.717, 1.165) is 0 Å².